The van der Waals surface area contributed by atoms with Gasteiger partial charge in [-0.15, -0.1) is 17.2 Å². The van der Waals surface area contributed by atoms with E-state index in [1.165, 1.54) is 42.8 Å². The van der Waals surface area contributed by atoms with Crippen molar-refractivity contribution < 1.29 is 0 Å². The minimum atomic E-state index is 1.14. The Hall–Kier alpha value is 0.860. The van der Waals surface area contributed by atoms with E-state index in [0.717, 1.165) is 11.8 Å². The second-order valence-electron chi connectivity index (χ2n) is 5.39. The van der Waals surface area contributed by atoms with Crippen LogP contribution in [0.3, 0.4) is 0 Å². The van der Waals surface area contributed by atoms with Crippen molar-refractivity contribution in [2.24, 2.45) is 11.8 Å². The molecule has 0 aromatic rings. The molecule has 0 bridgehead atoms. The summed E-state index contributed by atoms with van der Waals surface area (Å²) in [5, 5.41) is 0. The average molecular weight is 244 g/mol. The molecular formula is C13H26P2. The van der Waals surface area contributed by atoms with E-state index in [-0.39, 0.29) is 0 Å². The van der Waals surface area contributed by atoms with Crippen molar-refractivity contribution in [1.29, 1.82) is 0 Å². The Morgan fingerprint density at radius 2 is 1.07 bits per heavy atom. The Kier molecular flexibility index (Phi) is 5.94. The predicted octanol–water partition coefficient (Wildman–Crippen LogP) is 4.68. The molecule has 88 valence electrons. The van der Waals surface area contributed by atoms with Crippen molar-refractivity contribution in [3.8, 4) is 0 Å². The summed E-state index contributed by atoms with van der Waals surface area (Å²) in [5.41, 5.74) is 0. The van der Waals surface area contributed by atoms with Crippen LogP contribution >= 0.6 is 17.2 Å². The van der Waals surface area contributed by atoms with Crippen LogP contribution < -0.4 is 0 Å². The molecular weight excluding hydrogens is 218 g/mol. The van der Waals surface area contributed by atoms with Gasteiger partial charge in [-0.25, -0.2) is 0 Å². The van der Waals surface area contributed by atoms with E-state index in [1.807, 2.05) is 0 Å². The second-order valence-corrected chi connectivity index (χ2v) is 8.62. The third-order valence-corrected chi connectivity index (χ3v) is 7.80. The zero-order chi connectivity index (χ0) is 10.3. The standard InChI is InChI=1S/C13H26P2/c1-2-6-12(5-1)9-14-11-15-10-13-7-3-4-8-13/h12-15H,1-11H2. The summed E-state index contributed by atoms with van der Waals surface area (Å²) in [7, 11) is 2.60. The van der Waals surface area contributed by atoms with Crippen LogP contribution in [-0.2, 0) is 0 Å². The van der Waals surface area contributed by atoms with Crippen molar-refractivity contribution in [2.75, 3.05) is 18.2 Å². The molecule has 0 N–H and O–H groups in total. The van der Waals surface area contributed by atoms with Gasteiger partial charge in [0.2, 0.25) is 0 Å². The molecule has 15 heavy (non-hydrogen) atoms. The first kappa shape index (κ1) is 12.3. The summed E-state index contributed by atoms with van der Waals surface area (Å²) in [6.07, 6.45) is 15.5. The van der Waals surface area contributed by atoms with Gasteiger partial charge in [0, 0.05) is 0 Å². The van der Waals surface area contributed by atoms with Crippen molar-refractivity contribution in [2.45, 2.75) is 51.4 Å². The molecule has 2 unspecified atom stereocenters. The molecule has 2 aliphatic rings. The first-order chi connectivity index (χ1) is 7.45. The number of hydrogen-bond donors (Lipinski definition) is 0. The highest BCUT2D eigenvalue weighted by Gasteiger charge is 2.15. The van der Waals surface area contributed by atoms with Crippen molar-refractivity contribution in [1.82, 2.24) is 0 Å². The maximum Gasteiger partial charge on any atom is -0.0175 e. The van der Waals surface area contributed by atoms with Crippen LogP contribution in [0.1, 0.15) is 51.4 Å². The minimum absolute atomic E-state index is 1.14. The van der Waals surface area contributed by atoms with E-state index >= 15 is 0 Å². The molecule has 0 nitrogen and oxygen atoms in total. The van der Waals surface area contributed by atoms with Crippen LogP contribution in [0.15, 0.2) is 0 Å². The molecule has 2 aliphatic carbocycles. The third kappa shape index (κ3) is 4.70. The first-order valence-electron chi connectivity index (χ1n) is 6.86. The molecule has 0 aromatic heterocycles. The maximum absolute atomic E-state index is 1.58. The molecule has 0 amide bonds. The van der Waals surface area contributed by atoms with Gasteiger partial charge in [-0.1, -0.05) is 51.4 Å². The lowest BCUT2D eigenvalue weighted by Crippen LogP contribution is -1.97. The first-order valence-corrected chi connectivity index (χ1v) is 9.69. The van der Waals surface area contributed by atoms with E-state index in [9.17, 15) is 0 Å². The Labute approximate surface area is 98.9 Å². The second kappa shape index (κ2) is 7.24. The molecule has 0 aromatic carbocycles. The molecule has 2 saturated carbocycles. The number of hydrogen-bond acceptors (Lipinski definition) is 0. The summed E-state index contributed by atoms with van der Waals surface area (Å²) in [4.78, 5) is 0. The van der Waals surface area contributed by atoms with Gasteiger partial charge in [-0.05, 0) is 30.1 Å². The van der Waals surface area contributed by atoms with Crippen LogP contribution in [0.5, 0.6) is 0 Å². The van der Waals surface area contributed by atoms with Gasteiger partial charge in [0.1, 0.15) is 0 Å². The lowest BCUT2D eigenvalue weighted by atomic mass is 10.1. The highest BCUT2D eigenvalue weighted by atomic mass is 31.1. The van der Waals surface area contributed by atoms with Gasteiger partial charge in [0.25, 0.3) is 0 Å². The van der Waals surface area contributed by atoms with Crippen LogP contribution in [0.25, 0.3) is 0 Å². The van der Waals surface area contributed by atoms with E-state index in [1.54, 1.807) is 43.9 Å². The van der Waals surface area contributed by atoms with Gasteiger partial charge in [0.05, 0.1) is 0 Å². The van der Waals surface area contributed by atoms with Crippen LogP contribution in [0.2, 0.25) is 0 Å². The van der Waals surface area contributed by atoms with Gasteiger partial charge < -0.3 is 0 Å². The Morgan fingerprint density at radius 3 is 1.47 bits per heavy atom. The van der Waals surface area contributed by atoms with Gasteiger partial charge in [0.15, 0.2) is 0 Å². The lowest BCUT2D eigenvalue weighted by molar-refractivity contribution is 0.620. The quantitative estimate of drug-likeness (QED) is 0.470. The lowest BCUT2D eigenvalue weighted by Gasteiger charge is -2.10. The predicted molar refractivity (Wildman–Crippen MR) is 75.1 cm³/mol. The topological polar surface area (TPSA) is 0 Å². The van der Waals surface area contributed by atoms with Gasteiger partial charge in [-0.2, -0.15) is 0 Å². The normalized spacial score (nSPS) is 25.6. The van der Waals surface area contributed by atoms with E-state index in [4.69, 9.17) is 0 Å². The fourth-order valence-electron chi connectivity index (χ4n) is 3.07. The zero-order valence-electron chi connectivity index (χ0n) is 9.93. The highest BCUT2D eigenvalue weighted by Crippen LogP contribution is 2.36. The smallest absolute Gasteiger partial charge is 0.0175 e. The molecule has 0 spiro atoms. The SMILES string of the molecule is C1CCC(CPCPCC2CCCC2)C1. The van der Waals surface area contributed by atoms with Gasteiger partial charge in [-0.3, -0.25) is 0 Å². The van der Waals surface area contributed by atoms with Gasteiger partial charge >= 0.3 is 0 Å². The van der Waals surface area contributed by atoms with Crippen molar-refractivity contribution in [3.63, 3.8) is 0 Å². The van der Waals surface area contributed by atoms with E-state index < -0.39 is 0 Å². The zero-order valence-corrected chi connectivity index (χ0v) is 11.9. The Morgan fingerprint density at radius 1 is 0.667 bits per heavy atom. The minimum Gasteiger partial charge on any atom is -0.118 e. The van der Waals surface area contributed by atoms with Crippen molar-refractivity contribution in [3.05, 3.63) is 0 Å². The summed E-state index contributed by atoms with van der Waals surface area (Å²) in [5.74, 6) is 3.85. The molecule has 2 atom stereocenters. The molecule has 2 fully saturated rings. The summed E-state index contributed by atoms with van der Waals surface area (Å²) >= 11 is 0. The Balaban J connectivity index is 1.41. The molecule has 0 heterocycles. The third-order valence-electron chi connectivity index (χ3n) is 4.07. The monoisotopic (exact) mass is 244 g/mol. The van der Waals surface area contributed by atoms with E-state index in [0.29, 0.717) is 0 Å². The molecule has 2 heteroatoms. The maximum atomic E-state index is 1.58. The van der Waals surface area contributed by atoms with Crippen molar-refractivity contribution >= 4 is 17.2 Å². The molecule has 0 saturated heterocycles. The fraction of sp³-hybridized carbons (Fsp3) is 1.00. The summed E-state index contributed by atoms with van der Waals surface area (Å²) in [6.45, 7) is 0. The van der Waals surface area contributed by atoms with Crippen LogP contribution in [0.4, 0.5) is 0 Å². The van der Waals surface area contributed by atoms with E-state index in [2.05, 4.69) is 0 Å². The highest BCUT2D eigenvalue weighted by molar-refractivity contribution is 7.56. The number of rotatable bonds is 6. The van der Waals surface area contributed by atoms with Crippen LogP contribution in [0, 0.1) is 11.8 Å². The summed E-state index contributed by atoms with van der Waals surface area (Å²) in [6, 6.07) is 0. The average Bonchev–Trinajstić information content (AvgIpc) is 2.88. The largest absolute Gasteiger partial charge is 0.118 e. The van der Waals surface area contributed by atoms with Crippen LogP contribution in [-0.4, -0.2) is 18.2 Å². The summed E-state index contributed by atoms with van der Waals surface area (Å²) < 4.78 is 0. The molecule has 0 aliphatic heterocycles. The molecule has 2 rings (SSSR count). The fourth-order valence-corrected chi connectivity index (χ4v) is 6.56. The Bertz CT molecular complexity index is 140. The molecule has 0 radical (unpaired) electrons.